The molecule has 124 valence electrons. The quantitative estimate of drug-likeness (QED) is 0.555. The Labute approximate surface area is 132 Å². The van der Waals surface area contributed by atoms with Crippen molar-refractivity contribution >= 4 is 5.71 Å². The topological polar surface area (TPSA) is 50.4 Å². The lowest BCUT2D eigenvalue weighted by Crippen LogP contribution is -2.41. The van der Waals surface area contributed by atoms with Crippen LogP contribution < -0.4 is 11.1 Å². The summed E-state index contributed by atoms with van der Waals surface area (Å²) in [5, 5.41) is 3.31. The Hall–Kier alpha value is -1.65. The average molecular weight is 311 g/mol. The Morgan fingerprint density at radius 2 is 2.00 bits per heavy atom. The molecule has 1 saturated carbocycles. The smallest absolute Gasteiger partial charge is 0.248 e. The van der Waals surface area contributed by atoms with Gasteiger partial charge in [-0.3, -0.25) is 4.99 Å². The minimum absolute atomic E-state index is 0.0613. The highest BCUT2D eigenvalue weighted by Crippen LogP contribution is 2.38. The molecule has 3 nitrogen and oxygen atoms in total. The molecule has 1 rings (SSSR count). The molecule has 22 heavy (non-hydrogen) atoms. The number of allylic oxidation sites excluding steroid dienone is 1. The summed E-state index contributed by atoms with van der Waals surface area (Å²) >= 11 is 0. The summed E-state index contributed by atoms with van der Waals surface area (Å²) in [5.74, 6) is -2.39. The molecule has 0 aromatic carbocycles. The molecule has 1 fully saturated rings. The second-order valence-corrected chi connectivity index (χ2v) is 5.86. The second kappa shape index (κ2) is 8.11. The SMILES string of the molecule is C=C(NC(C(=C)C)C1CCC(F)(F)CC1)C(C=CN)=NCC. The maximum Gasteiger partial charge on any atom is 0.248 e. The van der Waals surface area contributed by atoms with Crippen LogP contribution in [0.2, 0.25) is 0 Å². The van der Waals surface area contributed by atoms with Gasteiger partial charge in [0.15, 0.2) is 0 Å². The molecule has 0 amide bonds. The first-order valence-electron chi connectivity index (χ1n) is 7.72. The molecule has 0 radical (unpaired) electrons. The van der Waals surface area contributed by atoms with Crippen molar-refractivity contribution in [3.63, 3.8) is 0 Å². The fourth-order valence-electron chi connectivity index (χ4n) is 2.81. The lowest BCUT2D eigenvalue weighted by Gasteiger charge is -2.35. The second-order valence-electron chi connectivity index (χ2n) is 5.86. The van der Waals surface area contributed by atoms with E-state index in [4.69, 9.17) is 5.73 Å². The first-order chi connectivity index (χ1) is 10.3. The molecular formula is C17H27F2N3. The molecule has 0 spiro atoms. The summed E-state index contributed by atoms with van der Waals surface area (Å²) in [7, 11) is 0. The Bertz CT molecular complexity index is 457. The van der Waals surface area contributed by atoms with Crippen molar-refractivity contribution in [2.45, 2.75) is 51.5 Å². The standard InChI is InChI=1S/C17H27F2N3/c1-5-21-15(8-11-20)13(4)22-16(12(2)3)14-6-9-17(18,19)10-7-14/h8,11,14,16,22H,2,4-7,9-10,20H2,1,3H3. The highest BCUT2D eigenvalue weighted by molar-refractivity contribution is 6.07. The molecule has 0 heterocycles. The first kappa shape index (κ1) is 18.4. The fourth-order valence-corrected chi connectivity index (χ4v) is 2.81. The van der Waals surface area contributed by atoms with Gasteiger partial charge in [-0.2, -0.15) is 0 Å². The molecule has 0 aromatic rings. The number of nitrogens with zero attached hydrogens (tertiary/aromatic N) is 1. The number of alkyl halides is 2. The lowest BCUT2D eigenvalue weighted by atomic mass is 9.80. The Morgan fingerprint density at radius 3 is 2.45 bits per heavy atom. The van der Waals surface area contributed by atoms with E-state index < -0.39 is 5.92 Å². The normalized spacial score (nSPS) is 20.8. The van der Waals surface area contributed by atoms with Crippen LogP contribution >= 0.6 is 0 Å². The van der Waals surface area contributed by atoms with Crippen molar-refractivity contribution in [3.05, 3.63) is 36.7 Å². The summed E-state index contributed by atoms with van der Waals surface area (Å²) in [4.78, 5) is 4.33. The van der Waals surface area contributed by atoms with Gasteiger partial charge < -0.3 is 11.1 Å². The molecular weight excluding hydrogens is 284 g/mol. The molecule has 5 heteroatoms. The van der Waals surface area contributed by atoms with Gasteiger partial charge in [0, 0.05) is 25.4 Å². The number of hydrogen-bond acceptors (Lipinski definition) is 3. The van der Waals surface area contributed by atoms with Crippen LogP contribution in [0.3, 0.4) is 0 Å². The van der Waals surface area contributed by atoms with Crippen molar-refractivity contribution in [1.82, 2.24) is 5.32 Å². The maximum atomic E-state index is 13.3. The van der Waals surface area contributed by atoms with Crippen molar-refractivity contribution < 1.29 is 8.78 Å². The molecule has 0 aromatic heterocycles. The van der Waals surface area contributed by atoms with Crippen molar-refractivity contribution in [1.29, 1.82) is 0 Å². The summed E-state index contributed by atoms with van der Waals surface area (Å²) in [6.45, 7) is 12.5. The van der Waals surface area contributed by atoms with Crippen LogP contribution in [0.25, 0.3) is 0 Å². The van der Waals surface area contributed by atoms with Crippen LogP contribution in [0.4, 0.5) is 8.78 Å². The molecule has 1 aliphatic rings. The highest BCUT2D eigenvalue weighted by atomic mass is 19.3. The largest absolute Gasteiger partial charge is 0.405 e. The molecule has 0 aliphatic heterocycles. The third kappa shape index (κ3) is 5.28. The number of nitrogens with one attached hydrogen (secondary N) is 1. The van der Waals surface area contributed by atoms with Gasteiger partial charge >= 0.3 is 0 Å². The van der Waals surface area contributed by atoms with Crippen molar-refractivity contribution in [3.8, 4) is 0 Å². The molecule has 0 saturated heterocycles. The zero-order valence-electron chi connectivity index (χ0n) is 13.5. The van der Waals surface area contributed by atoms with Crippen LogP contribution in [0.15, 0.2) is 41.7 Å². The molecule has 1 unspecified atom stereocenters. The third-order valence-corrected chi connectivity index (χ3v) is 3.99. The Morgan fingerprint density at radius 1 is 1.41 bits per heavy atom. The molecule has 1 aliphatic carbocycles. The van der Waals surface area contributed by atoms with Crippen LogP contribution in [0, 0.1) is 5.92 Å². The van der Waals surface area contributed by atoms with Gasteiger partial charge in [0.05, 0.1) is 11.4 Å². The number of nitrogens with two attached hydrogens (primary N) is 1. The monoisotopic (exact) mass is 311 g/mol. The maximum absolute atomic E-state index is 13.3. The van der Waals surface area contributed by atoms with Crippen LogP contribution in [0.1, 0.15) is 39.5 Å². The Kier molecular flexibility index (Phi) is 6.78. The molecule has 1 atom stereocenters. The van der Waals surface area contributed by atoms with Crippen LogP contribution in [-0.2, 0) is 0 Å². The Balaban J connectivity index is 2.78. The van der Waals surface area contributed by atoms with E-state index in [2.05, 4.69) is 23.5 Å². The minimum atomic E-state index is -2.52. The highest BCUT2D eigenvalue weighted by Gasteiger charge is 2.37. The third-order valence-electron chi connectivity index (χ3n) is 3.99. The van der Waals surface area contributed by atoms with E-state index in [1.54, 1.807) is 6.08 Å². The summed E-state index contributed by atoms with van der Waals surface area (Å²) < 4.78 is 26.7. The number of halogens is 2. The predicted molar refractivity (Wildman–Crippen MR) is 89.1 cm³/mol. The summed E-state index contributed by atoms with van der Waals surface area (Å²) in [6.07, 6.45) is 3.94. The van der Waals surface area contributed by atoms with Crippen LogP contribution in [0.5, 0.6) is 0 Å². The average Bonchev–Trinajstić information content (AvgIpc) is 2.44. The van der Waals surface area contributed by atoms with Gasteiger partial charge in [0.2, 0.25) is 5.92 Å². The number of hydrogen-bond donors (Lipinski definition) is 2. The lowest BCUT2D eigenvalue weighted by molar-refractivity contribution is -0.0479. The zero-order chi connectivity index (χ0) is 16.8. The van der Waals surface area contributed by atoms with Crippen molar-refractivity contribution in [2.24, 2.45) is 16.6 Å². The van der Waals surface area contributed by atoms with Gasteiger partial charge in [0.25, 0.3) is 0 Å². The van der Waals surface area contributed by atoms with Gasteiger partial charge in [-0.15, -0.1) is 0 Å². The fraction of sp³-hybridized carbons (Fsp3) is 0.588. The minimum Gasteiger partial charge on any atom is -0.405 e. The van der Waals surface area contributed by atoms with Gasteiger partial charge in [-0.1, -0.05) is 18.7 Å². The van der Waals surface area contributed by atoms with E-state index in [0.29, 0.717) is 30.8 Å². The van der Waals surface area contributed by atoms with E-state index in [1.165, 1.54) is 6.20 Å². The van der Waals surface area contributed by atoms with E-state index in [1.807, 2.05) is 13.8 Å². The summed E-state index contributed by atoms with van der Waals surface area (Å²) in [5.41, 5.74) is 7.68. The number of rotatable bonds is 7. The van der Waals surface area contributed by atoms with Crippen molar-refractivity contribution in [2.75, 3.05) is 6.54 Å². The van der Waals surface area contributed by atoms with E-state index in [-0.39, 0.29) is 24.8 Å². The van der Waals surface area contributed by atoms with E-state index >= 15 is 0 Å². The molecule has 0 bridgehead atoms. The van der Waals surface area contributed by atoms with Gasteiger partial charge in [-0.05, 0) is 44.9 Å². The molecule has 3 N–H and O–H groups in total. The first-order valence-corrected chi connectivity index (χ1v) is 7.72. The van der Waals surface area contributed by atoms with E-state index in [9.17, 15) is 8.78 Å². The number of aliphatic imine (C=N–C) groups is 1. The van der Waals surface area contributed by atoms with Crippen LogP contribution in [-0.4, -0.2) is 24.2 Å². The van der Waals surface area contributed by atoms with Gasteiger partial charge in [0.1, 0.15) is 0 Å². The predicted octanol–water partition coefficient (Wildman–Crippen LogP) is 3.79. The summed E-state index contributed by atoms with van der Waals surface area (Å²) in [6, 6.07) is -0.0724. The van der Waals surface area contributed by atoms with Gasteiger partial charge in [-0.25, -0.2) is 8.78 Å². The van der Waals surface area contributed by atoms with E-state index in [0.717, 1.165) is 5.57 Å². The zero-order valence-corrected chi connectivity index (χ0v) is 13.5.